The number of carbonyl (C=O) groups excluding carboxylic acids is 1. The quantitative estimate of drug-likeness (QED) is 0.450. The average Bonchev–Trinajstić information content (AvgIpc) is 2.76. The van der Waals surface area contributed by atoms with Crippen LogP contribution in [0.4, 0.5) is 11.4 Å². The highest BCUT2D eigenvalue weighted by Gasteiger charge is 2.20. The number of hydrogen-bond acceptors (Lipinski definition) is 4. The van der Waals surface area contributed by atoms with Crippen LogP contribution in [0.3, 0.4) is 0 Å². The Morgan fingerprint density at radius 2 is 1.62 bits per heavy atom. The van der Waals surface area contributed by atoms with Gasteiger partial charge in [-0.25, -0.2) is 8.42 Å². The van der Waals surface area contributed by atoms with Crippen molar-refractivity contribution in [2.75, 3.05) is 10.0 Å². The zero-order valence-corrected chi connectivity index (χ0v) is 19.6. The third-order valence-corrected chi connectivity index (χ3v) is 6.69. The van der Waals surface area contributed by atoms with Gasteiger partial charge in [0.1, 0.15) is 5.75 Å². The van der Waals surface area contributed by atoms with Crippen LogP contribution in [0.25, 0.3) is 0 Å². The number of hydrogen-bond donors (Lipinski definition) is 2. The lowest BCUT2D eigenvalue weighted by molar-refractivity contribution is -0.122. The fourth-order valence-corrected chi connectivity index (χ4v) is 4.20. The molecule has 3 aromatic carbocycles. The number of nitrogens with one attached hydrogen (secondary N) is 2. The molecule has 8 heteroatoms. The van der Waals surface area contributed by atoms with Gasteiger partial charge in [0.15, 0.2) is 6.10 Å². The predicted molar refractivity (Wildman–Crippen MR) is 128 cm³/mol. The maximum Gasteiger partial charge on any atom is 0.265 e. The summed E-state index contributed by atoms with van der Waals surface area (Å²) >= 11 is 6.07. The zero-order valence-electron chi connectivity index (χ0n) is 18.1. The summed E-state index contributed by atoms with van der Waals surface area (Å²) in [5.41, 5.74) is 2.64. The molecule has 0 aliphatic carbocycles. The number of rotatable bonds is 8. The van der Waals surface area contributed by atoms with Gasteiger partial charge in [0.25, 0.3) is 15.9 Å². The van der Waals surface area contributed by atoms with Crippen molar-refractivity contribution in [2.24, 2.45) is 0 Å². The molecule has 168 valence electrons. The summed E-state index contributed by atoms with van der Waals surface area (Å²) in [5.74, 6) is 0.344. The smallest absolute Gasteiger partial charge is 0.265 e. The molecule has 1 amide bonds. The fraction of sp³-hybridized carbons (Fsp3) is 0.208. The highest BCUT2D eigenvalue weighted by molar-refractivity contribution is 7.92. The van der Waals surface area contributed by atoms with Gasteiger partial charge in [-0.05, 0) is 73.9 Å². The van der Waals surface area contributed by atoms with Crippen molar-refractivity contribution >= 4 is 38.9 Å². The predicted octanol–water partition coefficient (Wildman–Crippen LogP) is 5.55. The molecule has 0 saturated carbocycles. The van der Waals surface area contributed by atoms with E-state index in [1.165, 1.54) is 24.3 Å². The molecule has 0 unspecified atom stereocenters. The summed E-state index contributed by atoms with van der Waals surface area (Å²) in [5, 5.41) is 3.25. The molecule has 0 heterocycles. The molecule has 0 saturated heterocycles. The number of sulfonamides is 1. The molecule has 0 spiro atoms. The summed E-state index contributed by atoms with van der Waals surface area (Å²) in [6.45, 7) is 5.61. The Balaban J connectivity index is 1.68. The summed E-state index contributed by atoms with van der Waals surface area (Å²) in [6, 6.07) is 18.4. The monoisotopic (exact) mass is 472 g/mol. The molecule has 32 heavy (non-hydrogen) atoms. The second-order valence-corrected chi connectivity index (χ2v) is 9.45. The Labute approximate surface area is 193 Å². The lowest BCUT2D eigenvalue weighted by Gasteiger charge is -2.18. The molecule has 0 aromatic heterocycles. The van der Waals surface area contributed by atoms with E-state index in [0.29, 0.717) is 28.6 Å². The number of amides is 1. The first-order valence-corrected chi connectivity index (χ1v) is 12.0. The molecule has 3 aromatic rings. The summed E-state index contributed by atoms with van der Waals surface area (Å²) in [6.07, 6.45) is -0.192. The number of benzene rings is 3. The Morgan fingerprint density at radius 1 is 0.969 bits per heavy atom. The Kier molecular flexibility index (Phi) is 7.43. The van der Waals surface area contributed by atoms with Gasteiger partial charge in [0.2, 0.25) is 0 Å². The topological polar surface area (TPSA) is 84.5 Å². The first-order chi connectivity index (χ1) is 15.2. The first-order valence-electron chi connectivity index (χ1n) is 10.1. The van der Waals surface area contributed by atoms with E-state index in [9.17, 15) is 13.2 Å². The number of para-hydroxylation sites is 1. The summed E-state index contributed by atoms with van der Waals surface area (Å²) in [7, 11) is -3.80. The standard InChI is InChI=1S/C24H25ClN2O4S/c1-4-22(31-23-8-6-5-7-17(23)3)24(28)26-18-11-13-20(14-12-18)32(29,30)27-19-10-9-16(2)21(25)15-19/h5-15,22,27H,4H2,1-3H3,(H,26,28)/t22-/m1/s1. The zero-order chi connectivity index (χ0) is 23.3. The van der Waals surface area contributed by atoms with E-state index in [0.717, 1.165) is 11.1 Å². The van der Waals surface area contributed by atoms with Crippen LogP contribution in [0.1, 0.15) is 24.5 Å². The van der Waals surface area contributed by atoms with E-state index in [1.807, 2.05) is 45.0 Å². The molecular weight excluding hydrogens is 448 g/mol. The molecule has 0 bridgehead atoms. The lowest BCUT2D eigenvalue weighted by atomic mass is 10.2. The van der Waals surface area contributed by atoms with Gasteiger partial charge in [-0.3, -0.25) is 9.52 Å². The van der Waals surface area contributed by atoms with Gasteiger partial charge in [-0.15, -0.1) is 0 Å². The Hall–Kier alpha value is -3.03. The van der Waals surface area contributed by atoms with Crippen LogP contribution in [0.5, 0.6) is 5.75 Å². The molecule has 0 radical (unpaired) electrons. The molecule has 0 fully saturated rings. The normalized spacial score (nSPS) is 12.1. The average molecular weight is 473 g/mol. The van der Waals surface area contributed by atoms with E-state index in [-0.39, 0.29) is 10.8 Å². The van der Waals surface area contributed by atoms with Gasteiger partial charge in [0, 0.05) is 10.7 Å². The largest absolute Gasteiger partial charge is 0.480 e. The third-order valence-electron chi connectivity index (χ3n) is 4.88. The van der Waals surface area contributed by atoms with E-state index >= 15 is 0 Å². The third kappa shape index (κ3) is 5.81. The fourth-order valence-electron chi connectivity index (χ4n) is 2.97. The van der Waals surface area contributed by atoms with Crippen LogP contribution in [0, 0.1) is 13.8 Å². The molecule has 6 nitrogen and oxygen atoms in total. The van der Waals surface area contributed by atoms with Crippen LogP contribution in [0.2, 0.25) is 5.02 Å². The second-order valence-electron chi connectivity index (χ2n) is 7.36. The second kappa shape index (κ2) is 10.1. The lowest BCUT2D eigenvalue weighted by Crippen LogP contribution is -2.32. The minimum absolute atomic E-state index is 0.0652. The van der Waals surface area contributed by atoms with E-state index in [4.69, 9.17) is 16.3 Å². The highest BCUT2D eigenvalue weighted by atomic mass is 35.5. The van der Waals surface area contributed by atoms with Crippen molar-refractivity contribution in [1.29, 1.82) is 0 Å². The number of halogens is 1. The van der Waals surface area contributed by atoms with Crippen LogP contribution < -0.4 is 14.8 Å². The van der Waals surface area contributed by atoms with Crippen molar-refractivity contribution in [1.82, 2.24) is 0 Å². The van der Waals surface area contributed by atoms with Crippen LogP contribution >= 0.6 is 11.6 Å². The highest BCUT2D eigenvalue weighted by Crippen LogP contribution is 2.24. The molecule has 2 N–H and O–H groups in total. The number of anilines is 2. The van der Waals surface area contributed by atoms with Crippen LogP contribution in [0.15, 0.2) is 71.6 Å². The molecule has 1 atom stereocenters. The number of aryl methyl sites for hydroxylation is 2. The first kappa shape index (κ1) is 23.6. The maximum absolute atomic E-state index is 12.7. The minimum Gasteiger partial charge on any atom is -0.480 e. The van der Waals surface area contributed by atoms with Crippen molar-refractivity contribution in [2.45, 2.75) is 38.2 Å². The van der Waals surface area contributed by atoms with Gasteiger partial charge >= 0.3 is 0 Å². The van der Waals surface area contributed by atoms with Crippen molar-refractivity contribution < 1.29 is 17.9 Å². The molecule has 3 rings (SSSR count). The van der Waals surface area contributed by atoms with E-state index in [2.05, 4.69) is 10.0 Å². The number of carbonyl (C=O) groups is 1. The van der Waals surface area contributed by atoms with Gasteiger partial charge in [-0.1, -0.05) is 42.8 Å². The van der Waals surface area contributed by atoms with Crippen LogP contribution in [-0.2, 0) is 14.8 Å². The summed E-state index contributed by atoms with van der Waals surface area (Å²) < 4.78 is 33.7. The van der Waals surface area contributed by atoms with Gasteiger partial charge in [0.05, 0.1) is 10.6 Å². The van der Waals surface area contributed by atoms with Crippen molar-refractivity contribution in [3.05, 3.63) is 82.9 Å². The van der Waals surface area contributed by atoms with Gasteiger partial charge in [-0.2, -0.15) is 0 Å². The SMILES string of the molecule is CC[C@@H](Oc1ccccc1C)C(=O)Nc1ccc(S(=O)(=O)Nc2ccc(C)c(Cl)c2)cc1. The summed E-state index contributed by atoms with van der Waals surface area (Å²) in [4.78, 5) is 12.7. The van der Waals surface area contributed by atoms with E-state index < -0.39 is 16.1 Å². The Bertz CT molecular complexity index is 1210. The Morgan fingerprint density at radius 3 is 2.25 bits per heavy atom. The van der Waals surface area contributed by atoms with Crippen molar-refractivity contribution in [3.63, 3.8) is 0 Å². The van der Waals surface area contributed by atoms with Crippen LogP contribution in [-0.4, -0.2) is 20.4 Å². The van der Waals surface area contributed by atoms with E-state index in [1.54, 1.807) is 18.2 Å². The molecule has 0 aliphatic rings. The minimum atomic E-state index is -3.80. The molecular formula is C24H25ClN2O4S. The maximum atomic E-state index is 12.7. The van der Waals surface area contributed by atoms with Crippen molar-refractivity contribution in [3.8, 4) is 5.75 Å². The van der Waals surface area contributed by atoms with Gasteiger partial charge < -0.3 is 10.1 Å². The number of ether oxygens (including phenoxy) is 1. The molecule has 0 aliphatic heterocycles.